The molecule has 3 rings (SSSR count). The van der Waals surface area contributed by atoms with Gasteiger partial charge in [-0.3, -0.25) is 14.3 Å². The fourth-order valence-corrected chi connectivity index (χ4v) is 3.46. The fourth-order valence-electron chi connectivity index (χ4n) is 3.46. The summed E-state index contributed by atoms with van der Waals surface area (Å²) in [6.45, 7) is 2.72. The number of benzene rings is 1. The summed E-state index contributed by atoms with van der Waals surface area (Å²) in [6.07, 6.45) is -3.18. The summed E-state index contributed by atoms with van der Waals surface area (Å²) in [5, 5.41) is 0. The molecule has 0 amide bonds. The number of anilines is 1. The highest BCUT2D eigenvalue weighted by molar-refractivity contribution is 5.59. The summed E-state index contributed by atoms with van der Waals surface area (Å²) in [6, 6.07) is 3.08. The maximum absolute atomic E-state index is 13.4. The lowest BCUT2D eigenvalue weighted by Gasteiger charge is -2.36. The summed E-state index contributed by atoms with van der Waals surface area (Å²) in [4.78, 5) is 30.2. The molecule has 170 valence electrons. The maximum Gasteiger partial charge on any atom is 0.573 e. The SMILES string of the molecule is COc1c[nH]c(=O)n(CCCN2CCN(c3ccc(F)cc3OC(F)(F)F)CC2)c1=O. The zero-order chi connectivity index (χ0) is 22.6. The molecule has 1 saturated heterocycles. The third kappa shape index (κ3) is 5.78. The van der Waals surface area contributed by atoms with E-state index in [9.17, 15) is 27.2 Å². The average Bonchev–Trinajstić information content (AvgIpc) is 2.70. The van der Waals surface area contributed by atoms with Crippen molar-refractivity contribution in [3.63, 3.8) is 0 Å². The topological polar surface area (TPSA) is 79.8 Å². The van der Waals surface area contributed by atoms with E-state index in [1.807, 2.05) is 0 Å². The van der Waals surface area contributed by atoms with Crippen LogP contribution >= 0.6 is 0 Å². The highest BCUT2D eigenvalue weighted by atomic mass is 19.4. The Morgan fingerprint density at radius 1 is 1.06 bits per heavy atom. The Hall–Kier alpha value is -3.02. The van der Waals surface area contributed by atoms with Crippen molar-refractivity contribution in [3.8, 4) is 11.5 Å². The first-order valence-corrected chi connectivity index (χ1v) is 9.57. The molecule has 0 spiro atoms. The first-order valence-electron chi connectivity index (χ1n) is 9.57. The van der Waals surface area contributed by atoms with Crippen molar-refractivity contribution in [2.24, 2.45) is 0 Å². The second kappa shape index (κ2) is 9.41. The van der Waals surface area contributed by atoms with E-state index in [4.69, 9.17) is 4.74 Å². The predicted molar refractivity (Wildman–Crippen MR) is 104 cm³/mol. The number of methoxy groups -OCH3 is 1. The van der Waals surface area contributed by atoms with Crippen LogP contribution in [0.1, 0.15) is 6.42 Å². The van der Waals surface area contributed by atoms with Gasteiger partial charge >= 0.3 is 12.1 Å². The molecule has 12 heteroatoms. The van der Waals surface area contributed by atoms with Crippen LogP contribution in [0.25, 0.3) is 0 Å². The number of piperazine rings is 1. The third-order valence-corrected chi connectivity index (χ3v) is 4.96. The van der Waals surface area contributed by atoms with Crippen molar-refractivity contribution < 1.29 is 27.0 Å². The van der Waals surface area contributed by atoms with Gasteiger partial charge in [-0.1, -0.05) is 0 Å². The number of halogens is 4. The molecule has 31 heavy (non-hydrogen) atoms. The largest absolute Gasteiger partial charge is 0.573 e. The summed E-state index contributed by atoms with van der Waals surface area (Å²) < 4.78 is 61.3. The van der Waals surface area contributed by atoms with Gasteiger partial charge in [0.15, 0.2) is 5.75 Å². The lowest BCUT2D eigenvalue weighted by molar-refractivity contribution is -0.274. The van der Waals surface area contributed by atoms with Crippen LogP contribution in [0.15, 0.2) is 34.0 Å². The lowest BCUT2D eigenvalue weighted by atomic mass is 10.2. The van der Waals surface area contributed by atoms with Crippen LogP contribution in [-0.4, -0.2) is 60.6 Å². The zero-order valence-electron chi connectivity index (χ0n) is 16.7. The van der Waals surface area contributed by atoms with Crippen molar-refractivity contribution in [1.82, 2.24) is 14.5 Å². The second-order valence-electron chi connectivity index (χ2n) is 6.96. The Balaban J connectivity index is 1.57. The van der Waals surface area contributed by atoms with Crippen LogP contribution < -0.4 is 25.6 Å². The quantitative estimate of drug-likeness (QED) is 0.654. The fraction of sp³-hybridized carbons (Fsp3) is 0.474. The van der Waals surface area contributed by atoms with E-state index in [1.165, 1.54) is 19.4 Å². The van der Waals surface area contributed by atoms with Gasteiger partial charge in [-0.2, -0.15) is 0 Å². The maximum atomic E-state index is 13.4. The number of aromatic amines is 1. The van der Waals surface area contributed by atoms with Crippen LogP contribution in [0.5, 0.6) is 11.5 Å². The number of alkyl halides is 3. The Kier molecular flexibility index (Phi) is 6.88. The molecule has 8 nitrogen and oxygen atoms in total. The Labute approximate surface area is 174 Å². The molecule has 0 bridgehead atoms. The molecule has 0 radical (unpaired) electrons. The van der Waals surface area contributed by atoms with Crippen LogP contribution in [0, 0.1) is 5.82 Å². The van der Waals surface area contributed by atoms with E-state index in [-0.39, 0.29) is 18.0 Å². The zero-order valence-corrected chi connectivity index (χ0v) is 16.7. The van der Waals surface area contributed by atoms with Crippen molar-refractivity contribution in [2.45, 2.75) is 19.3 Å². The number of aromatic nitrogens is 2. The molecule has 0 aliphatic carbocycles. The summed E-state index contributed by atoms with van der Waals surface area (Å²) in [5.74, 6) is -1.34. The molecule has 0 saturated carbocycles. The average molecular weight is 446 g/mol. The molecular weight excluding hydrogens is 424 g/mol. The molecule has 2 heterocycles. The van der Waals surface area contributed by atoms with Crippen LogP contribution in [0.3, 0.4) is 0 Å². The molecule has 1 fully saturated rings. The normalized spacial score (nSPS) is 15.2. The van der Waals surface area contributed by atoms with E-state index in [2.05, 4.69) is 14.6 Å². The molecule has 1 aliphatic rings. The number of rotatable bonds is 7. The van der Waals surface area contributed by atoms with Gasteiger partial charge in [-0.15, -0.1) is 13.2 Å². The van der Waals surface area contributed by atoms with Crippen LogP contribution in [0.2, 0.25) is 0 Å². The minimum absolute atomic E-state index is 0.0457. The second-order valence-corrected chi connectivity index (χ2v) is 6.96. The van der Waals surface area contributed by atoms with Crippen molar-refractivity contribution >= 4 is 5.69 Å². The van der Waals surface area contributed by atoms with E-state index in [0.717, 1.165) is 16.7 Å². The van der Waals surface area contributed by atoms with Gasteiger partial charge in [0.2, 0.25) is 5.75 Å². The Morgan fingerprint density at radius 2 is 1.77 bits per heavy atom. The van der Waals surface area contributed by atoms with Gasteiger partial charge < -0.3 is 19.4 Å². The van der Waals surface area contributed by atoms with Gasteiger partial charge in [0.05, 0.1) is 19.0 Å². The molecule has 1 aromatic heterocycles. The smallest absolute Gasteiger partial charge is 0.490 e. The molecule has 0 atom stereocenters. The van der Waals surface area contributed by atoms with Crippen molar-refractivity contribution in [1.29, 1.82) is 0 Å². The number of nitrogens with zero attached hydrogens (tertiary/aromatic N) is 3. The lowest BCUT2D eigenvalue weighted by Crippen LogP contribution is -2.47. The molecule has 2 aromatic rings. The number of hydrogen-bond acceptors (Lipinski definition) is 6. The first-order chi connectivity index (χ1) is 14.7. The highest BCUT2D eigenvalue weighted by Crippen LogP contribution is 2.34. The minimum atomic E-state index is -4.92. The molecular formula is C19H22F4N4O4. The third-order valence-electron chi connectivity index (χ3n) is 4.96. The summed E-state index contributed by atoms with van der Waals surface area (Å²) in [5.41, 5.74) is -0.860. The van der Waals surface area contributed by atoms with Crippen molar-refractivity contribution in [2.75, 3.05) is 44.7 Å². The van der Waals surface area contributed by atoms with Gasteiger partial charge in [0.1, 0.15) is 5.82 Å². The van der Waals surface area contributed by atoms with E-state index in [0.29, 0.717) is 39.1 Å². The van der Waals surface area contributed by atoms with Gasteiger partial charge in [0, 0.05) is 38.8 Å². The standard InChI is InChI=1S/C19H22F4N4O4/c1-30-16-12-24-18(29)27(17(16)28)6-2-5-25-7-9-26(10-8-25)14-4-3-13(20)11-15(14)31-19(21,22)23/h3-4,11-12H,2,5-10H2,1H3,(H,24,29). The van der Waals surface area contributed by atoms with E-state index in [1.54, 1.807) is 4.90 Å². The van der Waals surface area contributed by atoms with Crippen LogP contribution in [0.4, 0.5) is 23.2 Å². The van der Waals surface area contributed by atoms with Crippen molar-refractivity contribution in [3.05, 3.63) is 51.1 Å². The van der Waals surface area contributed by atoms with E-state index < -0.39 is 29.2 Å². The van der Waals surface area contributed by atoms with E-state index >= 15 is 0 Å². The molecule has 1 aromatic carbocycles. The first kappa shape index (κ1) is 22.7. The number of H-pyrrole nitrogens is 1. The predicted octanol–water partition coefficient (Wildman–Crippen LogP) is 1.80. The van der Waals surface area contributed by atoms with Gasteiger partial charge in [-0.05, 0) is 25.1 Å². The number of nitrogens with one attached hydrogen (secondary N) is 1. The van der Waals surface area contributed by atoms with Gasteiger partial charge in [-0.25, -0.2) is 9.18 Å². The van der Waals surface area contributed by atoms with Crippen LogP contribution in [-0.2, 0) is 6.54 Å². The van der Waals surface area contributed by atoms with Gasteiger partial charge in [0.25, 0.3) is 5.56 Å². The molecule has 1 aliphatic heterocycles. The summed E-state index contributed by atoms with van der Waals surface area (Å²) >= 11 is 0. The minimum Gasteiger partial charge on any atom is -0.490 e. The number of hydrogen-bond donors (Lipinski definition) is 1. The molecule has 0 unspecified atom stereocenters. The summed E-state index contributed by atoms with van der Waals surface area (Å²) in [7, 11) is 1.34. The number of ether oxygens (including phenoxy) is 2. The Bertz CT molecular complexity index is 1010. The Morgan fingerprint density at radius 3 is 2.42 bits per heavy atom. The molecule has 1 N–H and O–H groups in total. The highest BCUT2D eigenvalue weighted by Gasteiger charge is 2.33. The monoisotopic (exact) mass is 446 g/mol.